The third-order valence-electron chi connectivity index (χ3n) is 4.97. The topological polar surface area (TPSA) is 39.7 Å². The van der Waals surface area contributed by atoms with Gasteiger partial charge >= 0.3 is 6.18 Å². The van der Waals surface area contributed by atoms with Crippen LogP contribution in [0.3, 0.4) is 0 Å². The summed E-state index contributed by atoms with van der Waals surface area (Å²) in [6, 6.07) is 1.11. The number of guanidine groups is 1. The van der Waals surface area contributed by atoms with Gasteiger partial charge in [0.25, 0.3) is 0 Å². The number of nitrogens with one attached hydrogen (secondary N) is 2. The summed E-state index contributed by atoms with van der Waals surface area (Å²) < 4.78 is 38.2. The lowest BCUT2D eigenvalue weighted by Gasteiger charge is -2.31. The van der Waals surface area contributed by atoms with E-state index < -0.39 is 12.1 Å². The van der Waals surface area contributed by atoms with Crippen molar-refractivity contribution in [2.45, 2.75) is 84.1 Å². The maximum atomic E-state index is 12.7. The Labute approximate surface area is 173 Å². The Hall–Kier alpha value is -0.250. The average molecular weight is 492 g/mol. The summed E-state index contributed by atoms with van der Waals surface area (Å²) in [5.74, 6) is -0.449. The molecule has 2 N–H and O–H groups in total. The second kappa shape index (κ2) is 12.3. The van der Waals surface area contributed by atoms with Gasteiger partial charge in [-0.25, -0.2) is 0 Å². The van der Waals surface area contributed by atoms with Crippen molar-refractivity contribution >= 4 is 29.9 Å². The molecule has 0 aliphatic heterocycles. The van der Waals surface area contributed by atoms with Crippen LogP contribution in [0.25, 0.3) is 0 Å². The lowest BCUT2D eigenvalue weighted by molar-refractivity contribution is -0.182. The molecule has 0 aromatic rings. The Balaban J connectivity index is 0.00000625. The Morgan fingerprint density at radius 2 is 1.62 bits per heavy atom. The van der Waals surface area contributed by atoms with Gasteiger partial charge < -0.3 is 10.6 Å². The van der Waals surface area contributed by atoms with E-state index in [0.717, 1.165) is 19.5 Å². The fourth-order valence-corrected chi connectivity index (χ4v) is 3.53. The minimum absolute atomic E-state index is 0. The molecular formula is C18H36F3IN4. The smallest absolute Gasteiger partial charge is 0.356 e. The number of aliphatic imine (C=N–C) groups is 1. The molecule has 26 heavy (non-hydrogen) atoms. The number of nitrogens with zero attached hydrogens (tertiary/aromatic N) is 2. The number of halogens is 4. The molecule has 0 bridgehead atoms. The van der Waals surface area contributed by atoms with E-state index in [-0.39, 0.29) is 42.9 Å². The highest BCUT2D eigenvalue weighted by Gasteiger charge is 2.41. The third kappa shape index (κ3) is 9.10. The summed E-state index contributed by atoms with van der Waals surface area (Å²) in [5, 5.41) is 6.55. The van der Waals surface area contributed by atoms with E-state index >= 15 is 0 Å². The Kier molecular flexibility index (Phi) is 12.1. The highest BCUT2D eigenvalue weighted by molar-refractivity contribution is 14.0. The minimum atomic E-state index is -4.05. The van der Waals surface area contributed by atoms with Crippen LogP contribution in [0.15, 0.2) is 4.99 Å². The number of hydrogen-bond donors (Lipinski definition) is 2. The minimum Gasteiger partial charge on any atom is -0.356 e. The van der Waals surface area contributed by atoms with Gasteiger partial charge in [0.1, 0.15) is 0 Å². The Morgan fingerprint density at radius 1 is 1.08 bits per heavy atom. The molecule has 0 radical (unpaired) electrons. The van der Waals surface area contributed by atoms with E-state index in [4.69, 9.17) is 0 Å². The van der Waals surface area contributed by atoms with E-state index in [1.807, 2.05) is 0 Å². The van der Waals surface area contributed by atoms with Crippen molar-refractivity contribution in [3.63, 3.8) is 0 Å². The van der Waals surface area contributed by atoms with Crippen molar-refractivity contribution in [3.8, 4) is 0 Å². The molecule has 1 aliphatic carbocycles. The van der Waals surface area contributed by atoms with Gasteiger partial charge in [0, 0.05) is 38.3 Å². The molecule has 8 heteroatoms. The predicted octanol–water partition coefficient (Wildman–Crippen LogP) is 4.40. The van der Waals surface area contributed by atoms with Crippen molar-refractivity contribution in [2.75, 3.05) is 20.1 Å². The first-order valence-corrected chi connectivity index (χ1v) is 9.44. The molecule has 0 heterocycles. The molecule has 0 aromatic carbocycles. The fourth-order valence-electron chi connectivity index (χ4n) is 3.53. The van der Waals surface area contributed by atoms with Crippen molar-refractivity contribution in [1.29, 1.82) is 0 Å². The number of rotatable bonds is 7. The summed E-state index contributed by atoms with van der Waals surface area (Å²) >= 11 is 0. The first-order valence-electron chi connectivity index (χ1n) is 9.44. The molecule has 1 rings (SSSR count). The van der Waals surface area contributed by atoms with Crippen LogP contribution >= 0.6 is 24.0 Å². The second-order valence-corrected chi connectivity index (χ2v) is 7.51. The molecule has 0 spiro atoms. The summed E-state index contributed by atoms with van der Waals surface area (Å²) in [7, 11) is 1.70. The van der Waals surface area contributed by atoms with E-state index in [9.17, 15) is 13.2 Å². The molecule has 4 nitrogen and oxygen atoms in total. The van der Waals surface area contributed by atoms with E-state index in [1.54, 1.807) is 7.05 Å². The number of alkyl halides is 3. The Morgan fingerprint density at radius 3 is 2.04 bits per heavy atom. The molecule has 0 aromatic heterocycles. The molecule has 0 atom stereocenters. The van der Waals surface area contributed by atoms with Crippen LogP contribution in [0.5, 0.6) is 0 Å². The van der Waals surface area contributed by atoms with Gasteiger partial charge in [0.2, 0.25) is 0 Å². The summed E-state index contributed by atoms with van der Waals surface area (Å²) in [6.45, 7) is 10.6. The van der Waals surface area contributed by atoms with Gasteiger partial charge in [-0.1, -0.05) is 0 Å². The zero-order valence-corrected chi connectivity index (χ0v) is 19.0. The molecule has 1 saturated carbocycles. The maximum Gasteiger partial charge on any atom is 0.391 e. The highest BCUT2D eigenvalue weighted by atomic mass is 127. The largest absolute Gasteiger partial charge is 0.391 e. The summed E-state index contributed by atoms with van der Waals surface area (Å²) in [4.78, 5) is 6.64. The van der Waals surface area contributed by atoms with Gasteiger partial charge in [-0.15, -0.1) is 24.0 Å². The number of hydrogen-bond acceptors (Lipinski definition) is 2. The molecule has 156 valence electrons. The van der Waals surface area contributed by atoms with Crippen LogP contribution in [-0.4, -0.2) is 55.3 Å². The molecular weight excluding hydrogens is 456 g/mol. The SMILES string of the molecule is CN=C(NCCCN(C(C)C)C(C)C)NC1CCC(C(F)(F)F)CC1.I. The van der Waals surface area contributed by atoms with Crippen LogP contribution in [0.1, 0.15) is 59.8 Å². The second-order valence-electron chi connectivity index (χ2n) is 7.51. The zero-order chi connectivity index (χ0) is 19.0. The van der Waals surface area contributed by atoms with E-state index in [2.05, 4.69) is 48.2 Å². The van der Waals surface area contributed by atoms with Crippen LogP contribution in [0.2, 0.25) is 0 Å². The maximum absolute atomic E-state index is 12.7. The molecule has 0 saturated heterocycles. The standard InChI is InChI=1S/C18H35F3N4.HI/c1-13(2)25(14(3)4)12-6-11-23-17(22-5)24-16-9-7-15(8-10-16)18(19,20)21;/h13-16H,6-12H2,1-5H3,(H2,22,23,24);1H. The lowest BCUT2D eigenvalue weighted by Crippen LogP contribution is -2.46. The van der Waals surface area contributed by atoms with Crippen LogP contribution < -0.4 is 10.6 Å². The van der Waals surface area contributed by atoms with Gasteiger partial charge in [0.05, 0.1) is 5.92 Å². The van der Waals surface area contributed by atoms with Crippen LogP contribution in [0, 0.1) is 5.92 Å². The van der Waals surface area contributed by atoms with Crippen molar-refractivity contribution in [3.05, 3.63) is 0 Å². The van der Waals surface area contributed by atoms with Gasteiger partial charge in [-0.3, -0.25) is 9.89 Å². The molecule has 1 aliphatic rings. The van der Waals surface area contributed by atoms with Crippen molar-refractivity contribution < 1.29 is 13.2 Å². The molecule has 0 amide bonds. The van der Waals surface area contributed by atoms with Crippen molar-refractivity contribution in [2.24, 2.45) is 10.9 Å². The van der Waals surface area contributed by atoms with Crippen LogP contribution in [-0.2, 0) is 0 Å². The van der Waals surface area contributed by atoms with Gasteiger partial charge in [-0.05, 0) is 59.8 Å². The normalized spacial score (nSPS) is 21.9. The Bertz CT molecular complexity index is 398. The zero-order valence-electron chi connectivity index (χ0n) is 16.7. The summed E-state index contributed by atoms with van der Waals surface area (Å²) in [6.07, 6.45) is -1.56. The highest BCUT2D eigenvalue weighted by Crippen LogP contribution is 2.37. The van der Waals surface area contributed by atoms with E-state index in [1.165, 1.54) is 0 Å². The summed E-state index contributed by atoms with van der Waals surface area (Å²) in [5.41, 5.74) is 0. The first-order chi connectivity index (χ1) is 11.6. The van der Waals surface area contributed by atoms with Gasteiger partial charge in [0.15, 0.2) is 5.96 Å². The molecule has 1 fully saturated rings. The predicted molar refractivity (Wildman–Crippen MR) is 113 cm³/mol. The van der Waals surface area contributed by atoms with E-state index in [0.29, 0.717) is 30.9 Å². The third-order valence-corrected chi connectivity index (χ3v) is 4.97. The van der Waals surface area contributed by atoms with Crippen molar-refractivity contribution in [1.82, 2.24) is 15.5 Å². The monoisotopic (exact) mass is 492 g/mol. The first kappa shape index (κ1) is 25.8. The van der Waals surface area contributed by atoms with Crippen LogP contribution in [0.4, 0.5) is 13.2 Å². The quantitative estimate of drug-likeness (QED) is 0.240. The average Bonchev–Trinajstić information content (AvgIpc) is 2.52. The molecule has 0 unspecified atom stereocenters. The fraction of sp³-hybridized carbons (Fsp3) is 0.944. The lowest BCUT2D eigenvalue weighted by atomic mass is 9.85. The van der Waals surface area contributed by atoms with Gasteiger partial charge in [-0.2, -0.15) is 13.2 Å².